The van der Waals surface area contributed by atoms with Crippen molar-refractivity contribution in [2.45, 2.75) is 18.1 Å². The molecule has 0 atom stereocenters. The third kappa shape index (κ3) is 2.96. The van der Waals surface area contributed by atoms with Gasteiger partial charge < -0.3 is 9.80 Å². The summed E-state index contributed by atoms with van der Waals surface area (Å²) < 4.78 is 26.0. The fourth-order valence-corrected chi connectivity index (χ4v) is 4.32. The Hall–Kier alpha value is -1.41. The Balaban J connectivity index is 1.67. The maximum atomic E-state index is 12.2. The van der Waals surface area contributed by atoms with Crippen molar-refractivity contribution in [2.75, 3.05) is 50.1 Å². The zero-order valence-corrected chi connectivity index (χ0v) is 13.3. The molecule has 116 valence electrons. The Labute approximate surface area is 125 Å². The van der Waals surface area contributed by atoms with Crippen molar-refractivity contribution in [3.05, 3.63) is 12.3 Å². The minimum absolute atomic E-state index is 0.124. The van der Waals surface area contributed by atoms with E-state index >= 15 is 0 Å². The van der Waals surface area contributed by atoms with E-state index in [2.05, 4.69) is 15.1 Å². The van der Waals surface area contributed by atoms with Crippen LogP contribution in [0.4, 0.5) is 11.5 Å². The Kier molecular flexibility index (Phi) is 3.75. The van der Waals surface area contributed by atoms with Crippen molar-refractivity contribution in [2.24, 2.45) is 0 Å². The summed E-state index contributed by atoms with van der Waals surface area (Å²) in [4.78, 5) is 4.07. The van der Waals surface area contributed by atoms with Gasteiger partial charge in [-0.3, -0.25) is 0 Å². The largest absolute Gasteiger partial charge is 0.376 e. The highest BCUT2D eigenvalue weighted by molar-refractivity contribution is 7.90. The molecule has 2 heterocycles. The lowest BCUT2D eigenvalue weighted by Gasteiger charge is -2.34. The monoisotopic (exact) mass is 311 g/mol. The molecule has 1 aliphatic carbocycles. The number of anilines is 2. The van der Waals surface area contributed by atoms with Gasteiger partial charge in [0.2, 0.25) is 10.0 Å². The zero-order valence-electron chi connectivity index (χ0n) is 12.4. The van der Waals surface area contributed by atoms with Crippen molar-refractivity contribution >= 4 is 21.5 Å². The highest BCUT2D eigenvalue weighted by atomic mass is 32.2. The van der Waals surface area contributed by atoms with Crippen LogP contribution in [0.25, 0.3) is 0 Å². The summed E-state index contributed by atoms with van der Waals surface area (Å²) in [6, 6.07) is 1.98. The smallest absolute Gasteiger partial charge is 0.217 e. The van der Waals surface area contributed by atoms with Gasteiger partial charge in [0.05, 0.1) is 17.1 Å². The van der Waals surface area contributed by atoms with Gasteiger partial charge in [-0.15, -0.1) is 5.10 Å². The average Bonchev–Trinajstić information content (AvgIpc) is 3.32. The number of aromatic nitrogens is 2. The lowest BCUT2D eigenvalue weighted by molar-refractivity contribution is 0.382. The molecule has 2 aliphatic rings. The molecular formula is C13H21N5O2S. The van der Waals surface area contributed by atoms with Crippen molar-refractivity contribution in [1.29, 1.82) is 0 Å². The summed E-state index contributed by atoms with van der Waals surface area (Å²) in [6.07, 6.45) is 3.36. The van der Waals surface area contributed by atoms with Gasteiger partial charge in [0, 0.05) is 46.3 Å². The molecule has 0 spiro atoms. The lowest BCUT2D eigenvalue weighted by atomic mass is 10.3. The number of nitrogens with zero attached hydrogens (tertiary/aromatic N) is 5. The molecule has 0 bridgehead atoms. The zero-order chi connectivity index (χ0) is 15.0. The first-order chi connectivity index (χ1) is 9.98. The van der Waals surface area contributed by atoms with Crippen LogP contribution in [0, 0.1) is 0 Å². The van der Waals surface area contributed by atoms with Crippen LogP contribution in [-0.4, -0.2) is 68.4 Å². The second-order valence-corrected chi connectivity index (χ2v) is 8.01. The van der Waals surface area contributed by atoms with Crippen molar-refractivity contribution < 1.29 is 8.42 Å². The first kappa shape index (κ1) is 14.5. The minimum Gasteiger partial charge on any atom is -0.376 e. The van der Waals surface area contributed by atoms with Crippen LogP contribution in [0.5, 0.6) is 0 Å². The van der Waals surface area contributed by atoms with Crippen LogP contribution in [0.1, 0.15) is 12.8 Å². The predicted octanol–water partition coefficient (Wildman–Crippen LogP) is 0.157. The molecule has 8 heteroatoms. The van der Waals surface area contributed by atoms with Crippen molar-refractivity contribution in [1.82, 2.24) is 14.5 Å². The molecule has 1 aliphatic heterocycles. The van der Waals surface area contributed by atoms with Gasteiger partial charge in [-0.2, -0.15) is 9.40 Å². The molecule has 1 aromatic rings. The number of rotatable bonds is 4. The van der Waals surface area contributed by atoms with Gasteiger partial charge in [-0.05, 0) is 12.8 Å². The Morgan fingerprint density at radius 3 is 2.43 bits per heavy atom. The number of sulfonamides is 1. The average molecular weight is 311 g/mol. The SMILES string of the molecule is CN(C)c1cnnc(N2CCN(S(=O)(=O)C3CC3)CC2)c1. The number of piperazine rings is 1. The summed E-state index contributed by atoms with van der Waals surface area (Å²) in [6.45, 7) is 2.40. The molecule has 0 aromatic carbocycles. The molecule has 1 aromatic heterocycles. The second kappa shape index (κ2) is 5.42. The Morgan fingerprint density at radius 1 is 1.19 bits per heavy atom. The normalized spacial score (nSPS) is 20.6. The van der Waals surface area contributed by atoms with Crippen LogP contribution in [-0.2, 0) is 10.0 Å². The first-order valence-electron chi connectivity index (χ1n) is 7.22. The molecule has 0 N–H and O–H groups in total. The summed E-state index contributed by atoms with van der Waals surface area (Å²) in [7, 11) is 0.865. The second-order valence-electron chi connectivity index (χ2n) is 5.80. The third-order valence-corrected chi connectivity index (χ3v) is 6.41. The van der Waals surface area contributed by atoms with Crippen LogP contribution >= 0.6 is 0 Å². The molecule has 0 unspecified atom stereocenters. The Morgan fingerprint density at radius 2 is 1.86 bits per heavy atom. The molecule has 0 amide bonds. The van der Waals surface area contributed by atoms with E-state index < -0.39 is 10.0 Å². The quantitative estimate of drug-likeness (QED) is 0.789. The summed E-state index contributed by atoms with van der Waals surface area (Å²) in [5.74, 6) is 0.810. The van der Waals surface area contributed by atoms with Gasteiger partial charge in [-0.25, -0.2) is 8.42 Å². The molecule has 2 fully saturated rings. The molecule has 7 nitrogen and oxygen atoms in total. The number of hydrogen-bond donors (Lipinski definition) is 0. The van der Waals surface area contributed by atoms with Gasteiger partial charge >= 0.3 is 0 Å². The number of hydrogen-bond acceptors (Lipinski definition) is 6. The fourth-order valence-electron chi connectivity index (χ4n) is 2.49. The maximum absolute atomic E-state index is 12.2. The molecule has 0 radical (unpaired) electrons. The molecule has 21 heavy (non-hydrogen) atoms. The van der Waals surface area contributed by atoms with E-state index in [4.69, 9.17) is 0 Å². The topological polar surface area (TPSA) is 69.6 Å². The standard InChI is InChI=1S/C13H21N5O2S/c1-16(2)11-9-13(15-14-10-11)17-5-7-18(8-6-17)21(19,20)12-3-4-12/h9-10,12H,3-8H2,1-2H3. The van der Waals surface area contributed by atoms with Crippen molar-refractivity contribution in [3.63, 3.8) is 0 Å². The first-order valence-corrected chi connectivity index (χ1v) is 8.73. The summed E-state index contributed by atoms with van der Waals surface area (Å²) in [5, 5.41) is 8.06. The molecule has 1 saturated heterocycles. The highest BCUT2D eigenvalue weighted by Crippen LogP contribution is 2.31. The van der Waals surface area contributed by atoms with E-state index in [0.717, 1.165) is 24.3 Å². The van der Waals surface area contributed by atoms with Crippen LogP contribution in [0.3, 0.4) is 0 Å². The van der Waals surface area contributed by atoms with Crippen LogP contribution in [0.2, 0.25) is 0 Å². The van der Waals surface area contributed by atoms with Crippen LogP contribution in [0.15, 0.2) is 12.3 Å². The van der Waals surface area contributed by atoms with Gasteiger partial charge in [0.25, 0.3) is 0 Å². The van der Waals surface area contributed by atoms with Gasteiger partial charge in [-0.1, -0.05) is 0 Å². The van der Waals surface area contributed by atoms with E-state index in [9.17, 15) is 8.42 Å². The van der Waals surface area contributed by atoms with E-state index in [1.54, 1.807) is 10.5 Å². The van der Waals surface area contributed by atoms with E-state index in [-0.39, 0.29) is 5.25 Å². The molecule has 3 rings (SSSR count). The minimum atomic E-state index is -3.05. The Bertz CT molecular complexity index is 607. The van der Waals surface area contributed by atoms with Gasteiger partial charge in [0.15, 0.2) is 5.82 Å². The molecular weight excluding hydrogens is 290 g/mol. The highest BCUT2D eigenvalue weighted by Gasteiger charge is 2.41. The van der Waals surface area contributed by atoms with Gasteiger partial charge in [0.1, 0.15) is 0 Å². The van der Waals surface area contributed by atoms with E-state index in [1.165, 1.54) is 0 Å². The molecule has 1 saturated carbocycles. The summed E-state index contributed by atoms with van der Waals surface area (Å²) >= 11 is 0. The van der Waals surface area contributed by atoms with E-state index in [0.29, 0.717) is 26.2 Å². The van der Waals surface area contributed by atoms with Crippen LogP contribution < -0.4 is 9.80 Å². The summed E-state index contributed by atoms with van der Waals surface area (Å²) in [5.41, 5.74) is 0.994. The third-order valence-electron chi connectivity index (χ3n) is 4.01. The fraction of sp³-hybridized carbons (Fsp3) is 0.692. The van der Waals surface area contributed by atoms with Crippen molar-refractivity contribution in [3.8, 4) is 0 Å². The maximum Gasteiger partial charge on any atom is 0.217 e. The predicted molar refractivity (Wildman–Crippen MR) is 82.1 cm³/mol. The lowest BCUT2D eigenvalue weighted by Crippen LogP contribution is -2.49. The van der Waals surface area contributed by atoms with E-state index in [1.807, 2.05) is 25.1 Å².